The minimum Gasteiger partial charge on any atom is -0.493 e. The monoisotopic (exact) mass is 332 g/mol. The number of hydrogen-bond donors (Lipinski definition) is 0. The van der Waals surface area contributed by atoms with Crippen LogP contribution >= 0.6 is 11.3 Å². The quantitative estimate of drug-likeness (QED) is 0.761. The topological polar surface area (TPSA) is 61.3 Å². The molecule has 1 fully saturated rings. The molecule has 0 unspecified atom stereocenters. The molecule has 1 saturated heterocycles. The lowest BCUT2D eigenvalue weighted by molar-refractivity contribution is 0.0987. The van der Waals surface area contributed by atoms with Crippen LogP contribution in [-0.2, 0) is 11.2 Å². The molecular formula is C17H20N2O3S. The van der Waals surface area contributed by atoms with E-state index in [1.165, 1.54) is 11.3 Å². The van der Waals surface area contributed by atoms with Crippen LogP contribution in [0.25, 0.3) is 0 Å². The van der Waals surface area contributed by atoms with Crippen LogP contribution < -0.4 is 4.74 Å². The van der Waals surface area contributed by atoms with Crippen molar-refractivity contribution in [2.45, 2.75) is 26.7 Å². The second-order valence-electron chi connectivity index (χ2n) is 5.85. The number of aryl methyl sites for hydroxylation is 2. The molecule has 0 spiro atoms. The zero-order valence-corrected chi connectivity index (χ0v) is 14.2. The second-order valence-corrected chi connectivity index (χ2v) is 6.80. The van der Waals surface area contributed by atoms with Gasteiger partial charge in [-0.05, 0) is 20.3 Å². The molecule has 122 valence electrons. The summed E-state index contributed by atoms with van der Waals surface area (Å²) >= 11 is 1.50. The average molecular weight is 332 g/mol. The summed E-state index contributed by atoms with van der Waals surface area (Å²) in [6, 6.07) is 3.59. The van der Waals surface area contributed by atoms with E-state index >= 15 is 0 Å². The third-order valence-corrected chi connectivity index (χ3v) is 4.67. The highest BCUT2D eigenvalue weighted by molar-refractivity contribution is 7.09. The van der Waals surface area contributed by atoms with Crippen LogP contribution in [0.5, 0.6) is 5.75 Å². The fourth-order valence-electron chi connectivity index (χ4n) is 2.50. The van der Waals surface area contributed by atoms with E-state index in [9.17, 15) is 4.79 Å². The van der Waals surface area contributed by atoms with Crippen molar-refractivity contribution in [3.63, 3.8) is 0 Å². The third-order valence-electron chi connectivity index (χ3n) is 3.70. The summed E-state index contributed by atoms with van der Waals surface area (Å²) in [6.45, 7) is 5.96. The Labute approximate surface area is 139 Å². The largest absolute Gasteiger partial charge is 0.493 e. The summed E-state index contributed by atoms with van der Waals surface area (Å²) in [7, 11) is 0. The summed E-state index contributed by atoms with van der Waals surface area (Å²) in [5, 5.41) is 2.77. The molecule has 0 radical (unpaired) electrons. The predicted octanol–water partition coefficient (Wildman–Crippen LogP) is 3.00. The smallest absolute Gasteiger partial charge is 0.188 e. The Balaban J connectivity index is 1.67. The van der Waals surface area contributed by atoms with Gasteiger partial charge >= 0.3 is 0 Å². The minimum atomic E-state index is -0.0305. The van der Waals surface area contributed by atoms with Crippen molar-refractivity contribution < 1.29 is 14.3 Å². The van der Waals surface area contributed by atoms with Crippen molar-refractivity contribution >= 4 is 17.1 Å². The molecule has 3 heterocycles. The van der Waals surface area contributed by atoms with Gasteiger partial charge in [0, 0.05) is 41.4 Å². The Bertz CT molecular complexity index is 693. The Morgan fingerprint density at radius 2 is 2.22 bits per heavy atom. The summed E-state index contributed by atoms with van der Waals surface area (Å²) in [5.41, 5.74) is 2.16. The summed E-state index contributed by atoms with van der Waals surface area (Å²) in [5.74, 6) is 1.10. The van der Waals surface area contributed by atoms with Crippen LogP contribution in [-0.4, -0.2) is 35.6 Å². The molecule has 5 nitrogen and oxygen atoms in total. The van der Waals surface area contributed by atoms with Crippen molar-refractivity contribution in [1.82, 2.24) is 9.97 Å². The maximum atomic E-state index is 12.4. The number of aromatic nitrogens is 2. The van der Waals surface area contributed by atoms with E-state index in [4.69, 9.17) is 9.47 Å². The number of pyridine rings is 1. The zero-order valence-electron chi connectivity index (χ0n) is 13.4. The number of carbonyl (C=O) groups excluding carboxylic acids is 1. The van der Waals surface area contributed by atoms with E-state index in [1.54, 1.807) is 6.07 Å². The van der Waals surface area contributed by atoms with Gasteiger partial charge in [0.25, 0.3) is 0 Å². The van der Waals surface area contributed by atoms with Crippen LogP contribution in [0.4, 0.5) is 0 Å². The normalized spacial score (nSPS) is 17.4. The summed E-state index contributed by atoms with van der Waals surface area (Å²) in [4.78, 5) is 21.1. The zero-order chi connectivity index (χ0) is 16.2. The molecule has 3 rings (SSSR count). The van der Waals surface area contributed by atoms with E-state index in [0.29, 0.717) is 24.0 Å². The molecule has 23 heavy (non-hydrogen) atoms. The van der Waals surface area contributed by atoms with Crippen molar-refractivity contribution in [2.24, 2.45) is 5.92 Å². The first kappa shape index (κ1) is 16.1. The molecule has 1 aliphatic heterocycles. The van der Waals surface area contributed by atoms with Gasteiger partial charge in [0.05, 0.1) is 19.6 Å². The molecule has 0 aliphatic carbocycles. The molecule has 1 aliphatic rings. The molecule has 1 atom stereocenters. The van der Waals surface area contributed by atoms with E-state index in [-0.39, 0.29) is 12.2 Å². The van der Waals surface area contributed by atoms with E-state index in [1.807, 2.05) is 25.3 Å². The molecule has 0 bridgehead atoms. The van der Waals surface area contributed by atoms with Gasteiger partial charge in [0.15, 0.2) is 5.78 Å². The molecular weight excluding hydrogens is 312 g/mol. The Morgan fingerprint density at radius 3 is 2.91 bits per heavy atom. The lowest BCUT2D eigenvalue weighted by atomic mass is 10.1. The van der Waals surface area contributed by atoms with Gasteiger partial charge in [-0.3, -0.25) is 4.79 Å². The fraction of sp³-hybridized carbons (Fsp3) is 0.471. The van der Waals surface area contributed by atoms with Crippen molar-refractivity contribution in [3.05, 3.63) is 39.6 Å². The number of hydrogen-bond acceptors (Lipinski definition) is 6. The maximum absolute atomic E-state index is 12.4. The second kappa shape index (κ2) is 7.19. The van der Waals surface area contributed by atoms with Gasteiger partial charge in [-0.15, -0.1) is 11.3 Å². The van der Waals surface area contributed by atoms with Crippen LogP contribution in [0.2, 0.25) is 0 Å². The van der Waals surface area contributed by atoms with Gasteiger partial charge in [-0.1, -0.05) is 0 Å². The van der Waals surface area contributed by atoms with Gasteiger partial charge in [-0.2, -0.15) is 0 Å². The molecule has 0 saturated carbocycles. The number of ketones is 1. The standard InChI is InChI=1S/C17H20N2O3S/c1-11-5-14(22-9-13-3-4-21-8-13)6-15(18-11)16(20)7-17-19-12(2)10-23-17/h5-6,10,13H,3-4,7-9H2,1-2H3/t13-/m0/s1. The van der Waals surface area contributed by atoms with Crippen LogP contribution in [0.3, 0.4) is 0 Å². The average Bonchev–Trinajstić information content (AvgIpc) is 3.16. The molecule has 6 heteroatoms. The van der Waals surface area contributed by atoms with Crippen molar-refractivity contribution in [1.29, 1.82) is 0 Å². The summed E-state index contributed by atoms with van der Waals surface area (Å²) in [6.07, 6.45) is 1.31. The first-order valence-corrected chi connectivity index (χ1v) is 8.61. The fourth-order valence-corrected chi connectivity index (χ4v) is 3.27. The first-order valence-electron chi connectivity index (χ1n) is 7.73. The van der Waals surface area contributed by atoms with Crippen LogP contribution in [0.15, 0.2) is 17.5 Å². The lowest BCUT2D eigenvalue weighted by Crippen LogP contribution is -2.13. The number of nitrogens with zero attached hydrogens (tertiary/aromatic N) is 2. The SMILES string of the molecule is Cc1cc(OC[C@H]2CCOC2)cc(C(=O)Cc2nc(C)cs2)n1. The number of thiazole rings is 1. The molecule has 0 amide bonds. The molecule has 0 N–H and O–H groups in total. The van der Waals surface area contributed by atoms with Gasteiger partial charge in [0.2, 0.25) is 0 Å². The van der Waals surface area contributed by atoms with Gasteiger partial charge in [-0.25, -0.2) is 9.97 Å². The van der Waals surface area contributed by atoms with E-state index in [2.05, 4.69) is 9.97 Å². The van der Waals surface area contributed by atoms with Gasteiger partial charge in [0.1, 0.15) is 16.5 Å². The van der Waals surface area contributed by atoms with Crippen LogP contribution in [0.1, 0.15) is 33.3 Å². The molecule has 0 aromatic carbocycles. The lowest BCUT2D eigenvalue weighted by Gasteiger charge is -2.11. The Kier molecular flexibility index (Phi) is 5.03. The van der Waals surface area contributed by atoms with Crippen molar-refractivity contribution in [3.8, 4) is 5.75 Å². The Morgan fingerprint density at radius 1 is 1.35 bits per heavy atom. The van der Waals surface area contributed by atoms with Crippen LogP contribution in [0, 0.1) is 19.8 Å². The maximum Gasteiger partial charge on any atom is 0.188 e. The highest BCUT2D eigenvalue weighted by Gasteiger charge is 2.17. The Hall–Kier alpha value is -1.79. The minimum absolute atomic E-state index is 0.0305. The summed E-state index contributed by atoms with van der Waals surface area (Å²) < 4.78 is 11.2. The van der Waals surface area contributed by atoms with Crippen molar-refractivity contribution in [2.75, 3.05) is 19.8 Å². The number of ether oxygens (including phenoxy) is 2. The third kappa shape index (κ3) is 4.36. The van der Waals surface area contributed by atoms with E-state index in [0.717, 1.165) is 36.0 Å². The highest BCUT2D eigenvalue weighted by Crippen LogP contribution is 2.19. The molecule has 2 aromatic rings. The first-order chi connectivity index (χ1) is 11.1. The number of rotatable bonds is 6. The number of carbonyl (C=O) groups is 1. The van der Waals surface area contributed by atoms with E-state index < -0.39 is 0 Å². The predicted molar refractivity (Wildman–Crippen MR) is 88.3 cm³/mol. The number of Topliss-reactive ketones (excluding diaryl/α,β-unsaturated/α-hetero) is 1. The van der Waals surface area contributed by atoms with Gasteiger partial charge < -0.3 is 9.47 Å². The molecule has 2 aromatic heterocycles. The highest BCUT2D eigenvalue weighted by atomic mass is 32.1.